The Hall–Kier alpha value is -3.75. The minimum Gasteiger partial charge on any atom is -0.460 e. The summed E-state index contributed by atoms with van der Waals surface area (Å²) in [5.41, 5.74) is 6.28. The van der Waals surface area contributed by atoms with Crippen LogP contribution in [0.3, 0.4) is 0 Å². The van der Waals surface area contributed by atoms with E-state index in [-0.39, 0.29) is 21.1 Å². The molecule has 0 N–H and O–H groups in total. The van der Waals surface area contributed by atoms with Gasteiger partial charge in [-0.3, -0.25) is 0 Å². The number of hydrogen-bond acceptors (Lipinski definition) is 3. The van der Waals surface area contributed by atoms with Gasteiger partial charge in [0.25, 0.3) is 0 Å². The molecule has 4 nitrogen and oxygen atoms in total. The summed E-state index contributed by atoms with van der Waals surface area (Å²) in [6.07, 6.45) is 1.72. The Balaban J connectivity index is 0.00000308. The zero-order valence-electron chi connectivity index (χ0n) is 22.4. The molecular weight excluding hydrogens is 661 g/mol. The average molecular weight is 691 g/mol. The van der Waals surface area contributed by atoms with Crippen molar-refractivity contribution in [3.8, 4) is 28.6 Å². The summed E-state index contributed by atoms with van der Waals surface area (Å²) in [7, 11) is 0. The van der Waals surface area contributed by atoms with Gasteiger partial charge in [-0.05, 0) is 46.5 Å². The fourth-order valence-electron chi connectivity index (χ4n) is 4.88. The Morgan fingerprint density at radius 3 is 2.28 bits per heavy atom. The Kier molecular flexibility index (Phi) is 7.68. The van der Waals surface area contributed by atoms with Gasteiger partial charge in [0.1, 0.15) is 5.82 Å². The van der Waals surface area contributed by atoms with Gasteiger partial charge in [-0.15, -0.1) is 18.2 Å². The van der Waals surface area contributed by atoms with Crippen LogP contribution in [0.25, 0.3) is 38.8 Å². The van der Waals surface area contributed by atoms with E-state index in [9.17, 15) is 0 Å². The van der Waals surface area contributed by atoms with Crippen LogP contribution < -0.4 is 4.74 Å². The van der Waals surface area contributed by atoms with E-state index >= 15 is 0 Å². The van der Waals surface area contributed by atoms with Gasteiger partial charge in [0.15, 0.2) is 0 Å². The largest absolute Gasteiger partial charge is 2.00 e. The summed E-state index contributed by atoms with van der Waals surface area (Å²) in [5, 5.41) is 2.34. The number of rotatable bonds is 6. The molecule has 3 heterocycles. The van der Waals surface area contributed by atoms with Crippen molar-refractivity contribution in [1.29, 1.82) is 0 Å². The summed E-state index contributed by atoms with van der Waals surface area (Å²) in [6, 6.07) is 35.9. The number of pyridine rings is 2. The van der Waals surface area contributed by atoms with Crippen molar-refractivity contribution in [3.05, 3.63) is 115 Å². The van der Waals surface area contributed by atoms with Crippen molar-refractivity contribution in [2.24, 2.45) is 0 Å². The van der Waals surface area contributed by atoms with Crippen LogP contribution in [0.1, 0.15) is 50.8 Å². The van der Waals surface area contributed by atoms with E-state index in [0.717, 1.165) is 39.1 Å². The molecular formula is C34H29N3OPt. The molecule has 0 spiro atoms. The fraction of sp³-hybridized carbons (Fsp3) is 0.176. The minimum atomic E-state index is 0. The maximum atomic E-state index is 5.95. The van der Waals surface area contributed by atoms with E-state index < -0.39 is 0 Å². The fourth-order valence-corrected chi connectivity index (χ4v) is 4.88. The van der Waals surface area contributed by atoms with Crippen molar-refractivity contribution >= 4 is 21.8 Å². The molecule has 3 aromatic heterocycles. The molecule has 3 aromatic carbocycles. The summed E-state index contributed by atoms with van der Waals surface area (Å²) in [6.45, 7) is 8.82. The van der Waals surface area contributed by atoms with Crippen molar-refractivity contribution in [3.63, 3.8) is 0 Å². The second-order valence-electron chi connectivity index (χ2n) is 10.1. The van der Waals surface area contributed by atoms with Gasteiger partial charge in [-0.1, -0.05) is 63.4 Å². The van der Waals surface area contributed by atoms with E-state index in [0.29, 0.717) is 23.5 Å². The molecule has 0 saturated carbocycles. The van der Waals surface area contributed by atoms with Crippen LogP contribution in [-0.2, 0) is 21.1 Å². The maximum absolute atomic E-state index is 5.95. The van der Waals surface area contributed by atoms with Crippen molar-refractivity contribution < 1.29 is 25.8 Å². The monoisotopic (exact) mass is 690 g/mol. The Morgan fingerprint density at radius 2 is 1.51 bits per heavy atom. The molecule has 6 aromatic rings. The van der Waals surface area contributed by atoms with E-state index in [1.165, 1.54) is 10.9 Å². The third kappa shape index (κ3) is 5.14. The first-order chi connectivity index (χ1) is 18.5. The zero-order chi connectivity index (χ0) is 26.2. The predicted molar refractivity (Wildman–Crippen MR) is 154 cm³/mol. The van der Waals surface area contributed by atoms with Crippen LogP contribution >= 0.6 is 0 Å². The van der Waals surface area contributed by atoms with E-state index in [1.54, 1.807) is 6.20 Å². The summed E-state index contributed by atoms with van der Waals surface area (Å²) < 4.78 is 8.23. The van der Waals surface area contributed by atoms with Crippen LogP contribution in [-0.4, -0.2) is 14.5 Å². The normalized spacial score (nSPS) is 11.3. The number of hydrogen-bond donors (Lipinski definition) is 0. The molecule has 0 aliphatic heterocycles. The molecule has 0 unspecified atom stereocenters. The van der Waals surface area contributed by atoms with E-state index in [1.807, 2.05) is 36.4 Å². The quantitative estimate of drug-likeness (QED) is 0.164. The molecule has 0 amide bonds. The molecule has 0 radical (unpaired) electrons. The summed E-state index contributed by atoms with van der Waals surface area (Å²) in [5.74, 6) is 2.79. The molecule has 0 aliphatic rings. The molecule has 6 rings (SSSR count). The second-order valence-corrected chi connectivity index (χ2v) is 10.1. The van der Waals surface area contributed by atoms with Crippen LogP contribution in [0.2, 0.25) is 0 Å². The Labute approximate surface area is 244 Å². The number of fused-ring (bicyclic) bond motifs is 3. The maximum Gasteiger partial charge on any atom is 2.00 e. The minimum absolute atomic E-state index is 0. The van der Waals surface area contributed by atoms with Gasteiger partial charge < -0.3 is 9.30 Å². The SMILES string of the molecule is CC(C)c1ccc(C(C)C)c(-n2c3[c-]c(-c4[c-]c(Oc5ccccn5)ccc4)ccc3c3ccccc32)n1.[Pt+2]. The zero-order valence-corrected chi connectivity index (χ0v) is 24.7. The average Bonchev–Trinajstić information content (AvgIpc) is 3.27. The van der Waals surface area contributed by atoms with Crippen molar-refractivity contribution in [2.45, 2.75) is 39.5 Å². The second kappa shape index (κ2) is 11.2. The van der Waals surface area contributed by atoms with Gasteiger partial charge in [0, 0.05) is 29.2 Å². The van der Waals surface area contributed by atoms with E-state index in [2.05, 4.69) is 97.9 Å². The number of ether oxygens (including phenoxy) is 1. The van der Waals surface area contributed by atoms with Crippen LogP contribution in [0, 0.1) is 12.1 Å². The topological polar surface area (TPSA) is 39.9 Å². The van der Waals surface area contributed by atoms with Crippen molar-refractivity contribution in [1.82, 2.24) is 14.5 Å². The van der Waals surface area contributed by atoms with Crippen LogP contribution in [0.15, 0.2) is 91.1 Å². The number of para-hydroxylation sites is 1. The number of nitrogens with zero attached hydrogens (tertiary/aromatic N) is 3. The first-order valence-electron chi connectivity index (χ1n) is 13.1. The van der Waals surface area contributed by atoms with Gasteiger partial charge in [0.2, 0.25) is 5.88 Å². The predicted octanol–water partition coefficient (Wildman–Crippen LogP) is 8.88. The molecule has 0 atom stereocenters. The number of aromatic nitrogens is 3. The van der Waals surface area contributed by atoms with Crippen molar-refractivity contribution in [2.75, 3.05) is 0 Å². The van der Waals surface area contributed by atoms with E-state index in [4.69, 9.17) is 9.72 Å². The Morgan fingerprint density at radius 1 is 0.718 bits per heavy atom. The van der Waals surface area contributed by atoms with Gasteiger partial charge in [-0.2, -0.15) is 24.3 Å². The summed E-state index contributed by atoms with van der Waals surface area (Å²) >= 11 is 0. The molecule has 0 bridgehead atoms. The molecule has 196 valence electrons. The standard InChI is InChI=1S/C34H29N3O.Pt/c1-22(2)27-17-18-30(23(3)4)36-34(27)37-31-13-6-5-12-28(31)29-16-15-25(21-32(29)37)24-10-9-11-26(20-24)38-33-14-7-8-19-35-33;/h5-19,22-23H,1-4H3;/q-2;+2. The third-order valence-electron chi connectivity index (χ3n) is 6.85. The van der Waals surface area contributed by atoms with Crippen LogP contribution in [0.4, 0.5) is 0 Å². The van der Waals surface area contributed by atoms with Gasteiger partial charge in [0.05, 0.1) is 0 Å². The van der Waals surface area contributed by atoms with Crippen LogP contribution in [0.5, 0.6) is 11.6 Å². The number of benzene rings is 3. The molecule has 5 heteroatoms. The van der Waals surface area contributed by atoms with Gasteiger partial charge in [-0.25, -0.2) is 21.1 Å². The van der Waals surface area contributed by atoms with Gasteiger partial charge >= 0.3 is 21.1 Å². The molecule has 0 fully saturated rings. The third-order valence-corrected chi connectivity index (χ3v) is 6.85. The first-order valence-corrected chi connectivity index (χ1v) is 13.1. The Bertz CT molecular complexity index is 1760. The first kappa shape index (κ1) is 26.8. The molecule has 0 saturated heterocycles. The molecule has 0 aliphatic carbocycles. The molecule has 39 heavy (non-hydrogen) atoms. The smallest absolute Gasteiger partial charge is 0.460 e. The summed E-state index contributed by atoms with van der Waals surface area (Å²) in [4.78, 5) is 9.48.